The lowest BCUT2D eigenvalue weighted by Crippen LogP contribution is -2.54. The number of methoxy groups -OCH3 is 1. The molecule has 1 N–H and O–H groups in total. The average molecular weight is 327 g/mol. The molecule has 0 bridgehead atoms. The Labute approximate surface area is 122 Å². The summed E-state index contributed by atoms with van der Waals surface area (Å²) < 4.78 is 6.24. The van der Waals surface area contributed by atoms with Crippen molar-refractivity contribution < 1.29 is 9.53 Å². The van der Waals surface area contributed by atoms with E-state index in [1.54, 1.807) is 7.11 Å². The fourth-order valence-electron chi connectivity index (χ4n) is 2.27. The molecule has 1 aromatic carbocycles. The first-order chi connectivity index (χ1) is 9.15. The van der Waals surface area contributed by atoms with Gasteiger partial charge in [-0.1, -0.05) is 22.9 Å². The number of amides is 1. The molecule has 1 aliphatic rings. The molecule has 104 valence electrons. The van der Waals surface area contributed by atoms with Crippen molar-refractivity contribution in [2.24, 2.45) is 0 Å². The van der Waals surface area contributed by atoms with Gasteiger partial charge in [0.1, 0.15) is 5.75 Å². The molecule has 1 amide bonds. The van der Waals surface area contributed by atoms with Gasteiger partial charge in [0.15, 0.2) is 0 Å². The third kappa shape index (κ3) is 3.28. The van der Waals surface area contributed by atoms with Crippen LogP contribution in [0.3, 0.4) is 0 Å². The fourth-order valence-corrected chi connectivity index (χ4v) is 2.64. The predicted molar refractivity (Wildman–Crippen MR) is 78.2 cm³/mol. The number of rotatable bonds is 4. The van der Waals surface area contributed by atoms with Crippen LogP contribution >= 0.6 is 15.9 Å². The second kappa shape index (κ2) is 6.39. The quantitative estimate of drug-likeness (QED) is 0.922. The number of nitrogens with one attached hydrogen (secondary N) is 1. The molecule has 0 saturated carbocycles. The molecule has 0 radical (unpaired) electrons. The molecule has 1 atom stereocenters. The number of benzene rings is 1. The van der Waals surface area contributed by atoms with Crippen molar-refractivity contribution in [3.05, 3.63) is 28.2 Å². The molecule has 5 heteroatoms. The highest BCUT2D eigenvalue weighted by atomic mass is 79.9. The van der Waals surface area contributed by atoms with Crippen molar-refractivity contribution >= 4 is 21.8 Å². The number of piperazine rings is 1. The van der Waals surface area contributed by atoms with Crippen LogP contribution in [-0.4, -0.2) is 37.0 Å². The minimum atomic E-state index is -0.0434. The first kappa shape index (κ1) is 14.3. The zero-order valence-electron chi connectivity index (χ0n) is 11.3. The topological polar surface area (TPSA) is 41.6 Å². The van der Waals surface area contributed by atoms with E-state index in [2.05, 4.69) is 21.2 Å². The summed E-state index contributed by atoms with van der Waals surface area (Å²) in [7, 11) is 1.65. The standard InChI is InChI=1S/C14H19BrN2O2/c1-3-13-14(18)17(7-6-16-13)9-10-8-11(19-2)4-5-12(10)15/h4-5,8,13,16H,3,6-7,9H2,1-2H3. The molecule has 4 nitrogen and oxygen atoms in total. The van der Waals surface area contributed by atoms with E-state index in [1.165, 1.54) is 0 Å². The summed E-state index contributed by atoms with van der Waals surface area (Å²) in [6.07, 6.45) is 0.828. The van der Waals surface area contributed by atoms with Crippen LogP contribution in [0.1, 0.15) is 18.9 Å². The molecule has 1 fully saturated rings. The highest BCUT2D eigenvalue weighted by Crippen LogP contribution is 2.24. The van der Waals surface area contributed by atoms with Crippen LogP contribution in [0, 0.1) is 0 Å². The van der Waals surface area contributed by atoms with Gasteiger partial charge in [-0.25, -0.2) is 0 Å². The first-order valence-corrected chi connectivity index (χ1v) is 7.29. The van der Waals surface area contributed by atoms with E-state index in [9.17, 15) is 4.79 Å². The lowest BCUT2D eigenvalue weighted by Gasteiger charge is -2.33. The summed E-state index contributed by atoms with van der Waals surface area (Å²) in [6, 6.07) is 5.79. The minimum absolute atomic E-state index is 0.0434. The third-order valence-corrected chi connectivity index (χ3v) is 4.18. The van der Waals surface area contributed by atoms with Gasteiger partial charge >= 0.3 is 0 Å². The number of carbonyl (C=O) groups excluding carboxylic acids is 1. The minimum Gasteiger partial charge on any atom is -0.497 e. The summed E-state index contributed by atoms with van der Waals surface area (Å²) in [5.41, 5.74) is 1.07. The van der Waals surface area contributed by atoms with Gasteiger partial charge in [0, 0.05) is 24.1 Å². The van der Waals surface area contributed by atoms with Crippen LogP contribution in [0.25, 0.3) is 0 Å². The maximum atomic E-state index is 12.2. The number of carbonyl (C=O) groups is 1. The number of hydrogen-bond donors (Lipinski definition) is 1. The summed E-state index contributed by atoms with van der Waals surface area (Å²) in [5, 5.41) is 3.24. The Morgan fingerprint density at radius 2 is 2.32 bits per heavy atom. The number of halogens is 1. The molecule has 1 saturated heterocycles. The Kier molecular flexibility index (Phi) is 4.82. The highest BCUT2D eigenvalue weighted by molar-refractivity contribution is 9.10. The Morgan fingerprint density at radius 1 is 1.53 bits per heavy atom. The second-order valence-electron chi connectivity index (χ2n) is 4.63. The van der Waals surface area contributed by atoms with Crippen molar-refractivity contribution in [3.8, 4) is 5.75 Å². The summed E-state index contributed by atoms with van der Waals surface area (Å²) in [6.45, 7) is 4.25. The third-order valence-electron chi connectivity index (χ3n) is 3.40. The van der Waals surface area contributed by atoms with E-state index >= 15 is 0 Å². The zero-order valence-corrected chi connectivity index (χ0v) is 12.9. The summed E-state index contributed by atoms with van der Waals surface area (Å²) in [5.74, 6) is 0.997. The van der Waals surface area contributed by atoms with Gasteiger partial charge in [0.2, 0.25) is 5.91 Å². The normalized spacial score (nSPS) is 19.6. The lowest BCUT2D eigenvalue weighted by molar-refractivity contribution is -0.136. The van der Waals surface area contributed by atoms with Crippen LogP contribution in [0.2, 0.25) is 0 Å². The first-order valence-electron chi connectivity index (χ1n) is 6.50. The second-order valence-corrected chi connectivity index (χ2v) is 5.49. The molecular formula is C14H19BrN2O2. The maximum absolute atomic E-state index is 12.2. The van der Waals surface area contributed by atoms with E-state index in [4.69, 9.17) is 4.74 Å². The average Bonchev–Trinajstić information content (AvgIpc) is 2.43. The van der Waals surface area contributed by atoms with Crippen molar-refractivity contribution in [3.63, 3.8) is 0 Å². The molecule has 19 heavy (non-hydrogen) atoms. The molecule has 1 aliphatic heterocycles. The maximum Gasteiger partial charge on any atom is 0.240 e. The van der Waals surface area contributed by atoms with Gasteiger partial charge in [0.25, 0.3) is 0 Å². The summed E-state index contributed by atoms with van der Waals surface area (Å²) >= 11 is 3.53. The Balaban J connectivity index is 2.14. The van der Waals surface area contributed by atoms with Crippen LogP contribution in [-0.2, 0) is 11.3 Å². The van der Waals surface area contributed by atoms with Gasteiger partial charge < -0.3 is 15.0 Å². The van der Waals surface area contributed by atoms with Crippen LogP contribution in [0.4, 0.5) is 0 Å². The Hall–Kier alpha value is -1.07. The molecule has 1 aromatic rings. The number of hydrogen-bond acceptors (Lipinski definition) is 3. The predicted octanol–water partition coefficient (Wildman–Crippen LogP) is 2.17. The van der Waals surface area contributed by atoms with E-state index < -0.39 is 0 Å². The molecule has 1 heterocycles. The Morgan fingerprint density at radius 3 is 3.00 bits per heavy atom. The lowest BCUT2D eigenvalue weighted by atomic mass is 10.1. The van der Waals surface area contributed by atoms with Crippen molar-refractivity contribution in [1.29, 1.82) is 0 Å². The SMILES string of the molecule is CCC1NCCN(Cc2cc(OC)ccc2Br)C1=O. The molecule has 2 rings (SSSR count). The van der Waals surface area contributed by atoms with E-state index in [0.29, 0.717) is 6.54 Å². The van der Waals surface area contributed by atoms with Gasteiger partial charge in [-0.05, 0) is 30.2 Å². The van der Waals surface area contributed by atoms with Gasteiger partial charge in [0.05, 0.1) is 13.2 Å². The van der Waals surface area contributed by atoms with Crippen LogP contribution < -0.4 is 10.1 Å². The van der Waals surface area contributed by atoms with Gasteiger partial charge in [-0.2, -0.15) is 0 Å². The van der Waals surface area contributed by atoms with Crippen molar-refractivity contribution in [1.82, 2.24) is 10.2 Å². The number of ether oxygens (including phenoxy) is 1. The molecule has 1 unspecified atom stereocenters. The smallest absolute Gasteiger partial charge is 0.240 e. The Bertz CT molecular complexity index is 465. The highest BCUT2D eigenvalue weighted by Gasteiger charge is 2.27. The van der Waals surface area contributed by atoms with Crippen molar-refractivity contribution in [2.45, 2.75) is 25.9 Å². The molecular weight excluding hydrogens is 308 g/mol. The largest absolute Gasteiger partial charge is 0.497 e. The molecule has 0 spiro atoms. The fraction of sp³-hybridized carbons (Fsp3) is 0.500. The van der Waals surface area contributed by atoms with E-state index in [0.717, 1.165) is 35.3 Å². The molecule has 0 aliphatic carbocycles. The van der Waals surface area contributed by atoms with E-state index in [1.807, 2.05) is 30.0 Å². The van der Waals surface area contributed by atoms with Gasteiger partial charge in [-0.3, -0.25) is 4.79 Å². The number of nitrogens with zero attached hydrogens (tertiary/aromatic N) is 1. The van der Waals surface area contributed by atoms with E-state index in [-0.39, 0.29) is 11.9 Å². The zero-order chi connectivity index (χ0) is 13.8. The van der Waals surface area contributed by atoms with Gasteiger partial charge in [-0.15, -0.1) is 0 Å². The summed E-state index contributed by atoms with van der Waals surface area (Å²) in [4.78, 5) is 14.2. The van der Waals surface area contributed by atoms with Crippen LogP contribution in [0.5, 0.6) is 5.75 Å². The van der Waals surface area contributed by atoms with Crippen molar-refractivity contribution in [2.75, 3.05) is 20.2 Å². The monoisotopic (exact) mass is 326 g/mol. The molecule has 0 aromatic heterocycles. The van der Waals surface area contributed by atoms with Crippen LogP contribution in [0.15, 0.2) is 22.7 Å².